The molecule has 104 valence electrons. The van der Waals surface area contributed by atoms with E-state index in [-0.39, 0.29) is 18.1 Å². The summed E-state index contributed by atoms with van der Waals surface area (Å²) in [6.45, 7) is 2.82. The van der Waals surface area contributed by atoms with Crippen molar-refractivity contribution in [1.29, 1.82) is 0 Å². The number of halogens is 1. The fraction of sp³-hybridized carbons (Fsp3) is 0.714. The first-order valence-electron chi connectivity index (χ1n) is 6.65. The van der Waals surface area contributed by atoms with Gasteiger partial charge in [-0.15, -0.1) is 0 Å². The van der Waals surface area contributed by atoms with E-state index in [1.165, 1.54) is 0 Å². The second-order valence-electron chi connectivity index (χ2n) is 4.73. The number of ether oxygens (including phenoxy) is 1. The Hall–Kier alpha value is -0.710. The average molecular weight is 256 g/mol. The highest BCUT2D eigenvalue weighted by Crippen LogP contribution is 2.20. The molecule has 0 fully saturated rings. The Bertz CT molecular complexity index is 302. The summed E-state index contributed by atoms with van der Waals surface area (Å²) >= 11 is 0. The van der Waals surface area contributed by atoms with Gasteiger partial charge in [0.05, 0.1) is 0 Å². The second-order valence-corrected chi connectivity index (χ2v) is 4.73. The lowest BCUT2D eigenvalue weighted by molar-refractivity contribution is 0.0588. The van der Waals surface area contributed by atoms with Crippen molar-refractivity contribution in [2.75, 3.05) is 20.7 Å². The Kier molecular flexibility index (Phi) is 7.16. The molecule has 0 aromatic carbocycles. The van der Waals surface area contributed by atoms with Crippen LogP contribution in [0, 0.1) is 0 Å². The average Bonchev–Trinajstić information content (AvgIpc) is 2.37. The van der Waals surface area contributed by atoms with Crippen molar-refractivity contribution >= 4 is 0 Å². The number of allylic oxidation sites excluding steroid dienone is 2. The van der Waals surface area contributed by atoms with Crippen LogP contribution in [0.3, 0.4) is 0 Å². The highest BCUT2D eigenvalue weighted by molar-refractivity contribution is 5.29. The summed E-state index contributed by atoms with van der Waals surface area (Å²) in [6.07, 6.45) is 7.59. The molecule has 3 nitrogen and oxygen atoms in total. The highest BCUT2D eigenvalue weighted by Gasteiger charge is 2.16. The molecule has 1 rings (SSSR count). The van der Waals surface area contributed by atoms with Gasteiger partial charge in [0.2, 0.25) is 0 Å². The number of methoxy groups -OCH3 is 1. The van der Waals surface area contributed by atoms with Crippen LogP contribution in [0.15, 0.2) is 23.6 Å². The quantitative estimate of drug-likeness (QED) is 0.517. The van der Waals surface area contributed by atoms with Crippen LogP contribution in [-0.4, -0.2) is 33.0 Å². The van der Waals surface area contributed by atoms with E-state index in [0.717, 1.165) is 37.8 Å². The molecule has 2 atom stereocenters. The van der Waals surface area contributed by atoms with Crippen LogP contribution in [-0.2, 0) is 4.74 Å². The van der Waals surface area contributed by atoms with E-state index < -0.39 is 0 Å². The van der Waals surface area contributed by atoms with Gasteiger partial charge in [-0.1, -0.05) is 6.08 Å². The normalized spacial score (nSPS) is 21.4. The summed E-state index contributed by atoms with van der Waals surface area (Å²) < 4.78 is 18.8. The lowest BCUT2D eigenvalue weighted by Gasteiger charge is -2.24. The van der Waals surface area contributed by atoms with Crippen molar-refractivity contribution in [3.05, 3.63) is 23.6 Å². The molecule has 2 unspecified atom stereocenters. The van der Waals surface area contributed by atoms with Crippen LogP contribution >= 0.6 is 0 Å². The Morgan fingerprint density at radius 3 is 2.89 bits per heavy atom. The van der Waals surface area contributed by atoms with Gasteiger partial charge in [-0.2, -0.15) is 0 Å². The molecule has 2 N–H and O–H groups in total. The number of nitrogens with one attached hydrogen (secondary N) is 2. The van der Waals surface area contributed by atoms with Crippen LogP contribution in [0.1, 0.15) is 32.6 Å². The lowest BCUT2D eigenvalue weighted by atomic mass is 10.0. The van der Waals surface area contributed by atoms with Crippen molar-refractivity contribution in [2.24, 2.45) is 0 Å². The minimum atomic E-state index is -0.121. The minimum Gasteiger partial charge on any atom is -0.367 e. The van der Waals surface area contributed by atoms with Crippen LogP contribution < -0.4 is 10.6 Å². The number of hydrogen-bond acceptors (Lipinski definition) is 3. The molecule has 1 aliphatic carbocycles. The maximum absolute atomic E-state index is 13.4. The molecular formula is C14H25FN2O. The number of rotatable bonds is 8. The summed E-state index contributed by atoms with van der Waals surface area (Å²) in [5.41, 5.74) is 0.732. The molecule has 0 aromatic heterocycles. The molecule has 0 spiro atoms. The van der Waals surface area contributed by atoms with Gasteiger partial charge < -0.3 is 10.1 Å². The predicted octanol–water partition coefficient (Wildman–Crippen LogP) is 2.51. The van der Waals surface area contributed by atoms with E-state index in [0.29, 0.717) is 0 Å². The minimum absolute atomic E-state index is 0.00251. The van der Waals surface area contributed by atoms with E-state index >= 15 is 0 Å². The van der Waals surface area contributed by atoms with Gasteiger partial charge in [0.25, 0.3) is 0 Å². The Balaban J connectivity index is 2.31. The summed E-state index contributed by atoms with van der Waals surface area (Å²) in [7, 11) is 3.65. The fourth-order valence-corrected chi connectivity index (χ4v) is 2.03. The zero-order valence-corrected chi connectivity index (χ0v) is 11.6. The second kappa shape index (κ2) is 8.40. The Morgan fingerprint density at radius 1 is 1.50 bits per heavy atom. The Labute approximate surface area is 109 Å². The van der Waals surface area contributed by atoms with Gasteiger partial charge in [-0.25, -0.2) is 4.39 Å². The Morgan fingerprint density at radius 2 is 2.28 bits per heavy atom. The number of unbranched alkanes of at least 4 members (excludes halogenated alkanes) is 1. The number of hydrogen-bond donors (Lipinski definition) is 2. The lowest BCUT2D eigenvalue weighted by Crippen LogP contribution is -2.39. The fourth-order valence-electron chi connectivity index (χ4n) is 2.03. The van der Waals surface area contributed by atoms with E-state index in [9.17, 15) is 4.39 Å². The topological polar surface area (TPSA) is 33.3 Å². The van der Waals surface area contributed by atoms with Crippen LogP contribution in [0.5, 0.6) is 0 Å². The van der Waals surface area contributed by atoms with E-state index in [1.807, 2.05) is 13.1 Å². The first-order chi connectivity index (χ1) is 8.67. The van der Waals surface area contributed by atoms with Gasteiger partial charge in [0.1, 0.15) is 12.1 Å². The summed E-state index contributed by atoms with van der Waals surface area (Å²) in [5.74, 6) is -0.121. The van der Waals surface area contributed by atoms with Crippen molar-refractivity contribution in [2.45, 2.75) is 44.9 Å². The molecule has 0 radical (unpaired) electrons. The van der Waals surface area contributed by atoms with Crippen molar-refractivity contribution in [3.8, 4) is 0 Å². The first kappa shape index (κ1) is 15.3. The molecule has 4 heteroatoms. The summed E-state index contributed by atoms with van der Waals surface area (Å²) in [5, 5.41) is 6.45. The van der Waals surface area contributed by atoms with Gasteiger partial charge in [0.15, 0.2) is 0 Å². The van der Waals surface area contributed by atoms with Crippen molar-refractivity contribution in [1.82, 2.24) is 10.6 Å². The van der Waals surface area contributed by atoms with Crippen LogP contribution in [0.25, 0.3) is 0 Å². The standard InChI is InChI=1S/C14H25FN2O/c1-11-7-8-12(10-13(11)15)17-14(18-3)6-4-5-9-16-2/h7,10,12,14,16-17H,4-6,8-9H2,1-3H3. The molecular weight excluding hydrogens is 231 g/mol. The molecule has 1 aliphatic rings. The largest absolute Gasteiger partial charge is 0.367 e. The molecule has 0 aliphatic heterocycles. The molecule has 0 bridgehead atoms. The molecule has 0 saturated carbocycles. The predicted molar refractivity (Wildman–Crippen MR) is 73.1 cm³/mol. The maximum atomic E-state index is 13.4. The van der Waals surface area contributed by atoms with Gasteiger partial charge in [0, 0.05) is 13.2 Å². The summed E-state index contributed by atoms with van der Waals surface area (Å²) in [6, 6.07) is 0.0444. The third-order valence-electron chi connectivity index (χ3n) is 3.23. The van der Waals surface area contributed by atoms with E-state index in [1.54, 1.807) is 20.1 Å². The third kappa shape index (κ3) is 5.29. The molecule has 0 aromatic rings. The first-order valence-corrected chi connectivity index (χ1v) is 6.65. The van der Waals surface area contributed by atoms with E-state index in [2.05, 4.69) is 10.6 Å². The van der Waals surface area contributed by atoms with Crippen LogP contribution in [0.2, 0.25) is 0 Å². The van der Waals surface area contributed by atoms with Crippen LogP contribution in [0.4, 0.5) is 4.39 Å². The van der Waals surface area contributed by atoms with E-state index in [4.69, 9.17) is 4.74 Å². The van der Waals surface area contributed by atoms with Crippen molar-refractivity contribution < 1.29 is 9.13 Å². The third-order valence-corrected chi connectivity index (χ3v) is 3.23. The summed E-state index contributed by atoms with van der Waals surface area (Å²) in [4.78, 5) is 0. The van der Waals surface area contributed by atoms with Gasteiger partial charge >= 0.3 is 0 Å². The molecule has 0 heterocycles. The molecule has 0 amide bonds. The van der Waals surface area contributed by atoms with Gasteiger partial charge in [-0.3, -0.25) is 5.32 Å². The highest BCUT2D eigenvalue weighted by atomic mass is 19.1. The smallest absolute Gasteiger partial charge is 0.123 e. The van der Waals surface area contributed by atoms with Crippen molar-refractivity contribution in [3.63, 3.8) is 0 Å². The van der Waals surface area contributed by atoms with Gasteiger partial charge in [-0.05, 0) is 57.8 Å². The zero-order chi connectivity index (χ0) is 13.4. The zero-order valence-electron chi connectivity index (χ0n) is 11.6. The molecule has 18 heavy (non-hydrogen) atoms. The molecule has 0 saturated heterocycles. The maximum Gasteiger partial charge on any atom is 0.123 e. The SMILES string of the molecule is CNCCCCC(NC1C=C(F)C(C)=CC1)OC. The monoisotopic (exact) mass is 256 g/mol.